The van der Waals surface area contributed by atoms with Gasteiger partial charge in [0.15, 0.2) is 0 Å². The van der Waals surface area contributed by atoms with Gasteiger partial charge in [-0.3, -0.25) is 4.79 Å². The molecule has 0 spiro atoms. The summed E-state index contributed by atoms with van der Waals surface area (Å²) in [6.07, 6.45) is -0.104. The Morgan fingerprint density at radius 2 is 1.76 bits per heavy atom. The lowest BCUT2D eigenvalue weighted by Crippen LogP contribution is -2.42. The van der Waals surface area contributed by atoms with Crippen LogP contribution in [-0.2, 0) is 4.74 Å². The van der Waals surface area contributed by atoms with E-state index in [1.165, 1.54) is 0 Å². The first-order valence-electron chi connectivity index (χ1n) is 8.32. The van der Waals surface area contributed by atoms with Gasteiger partial charge in [-0.05, 0) is 24.6 Å². The van der Waals surface area contributed by atoms with Crippen molar-refractivity contribution in [1.29, 1.82) is 0 Å². The Morgan fingerprint density at radius 1 is 1.12 bits per heavy atom. The second-order valence-corrected chi connectivity index (χ2v) is 6.03. The average molecular weight is 341 g/mol. The van der Waals surface area contributed by atoms with Crippen molar-refractivity contribution in [3.63, 3.8) is 0 Å². The molecule has 2 aromatic carbocycles. The monoisotopic (exact) mass is 341 g/mol. The van der Waals surface area contributed by atoms with E-state index >= 15 is 0 Å². The molecule has 2 aromatic rings. The molecule has 0 unspecified atom stereocenters. The molecule has 5 nitrogen and oxygen atoms in total. The number of ether oxygens (including phenoxy) is 3. The van der Waals surface area contributed by atoms with E-state index in [0.717, 1.165) is 11.1 Å². The fourth-order valence-electron chi connectivity index (χ4n) is 3.10. The summed E-state index contributed by atoms with van der Waals surface area (Å²) in [5.41, 5.74) is 2.53. The van der Waals surface area contributed by atoms with Gasteiger partial charge in [0.05, 0.1) is 27.4 Å². The zero-order valence-electron chi connectivity index (χ0n) is 14.8. The highest BCUT2D eigenvalue weighted by Gasteiger charge is 2.27. The van der Waals surface area contributed by atoms with E-state index in [-0.39, 0.29) is 12.0 Å². The van der Waals surface area contributed by atoms with E-state index in [9.17, 15) is 4.79 Å². The second kappa shape index (κ2) is 7.57. The fraction of sp³-hybridized carbons (Fsp3) is 0.350. The zero-order chi connectivity index (χ0) is 17.8. The molecule has 0 radical (unpaired) electrons. The van der Waals surface area contributed by atoms with Gasteiger partial charge in [0, 0.05) is 17.7 Å². The van der Waals surface area contributed by atoms with Crippen LogP contribution in [0.15, 0.2) is 42.5 Å². The summed E-state index contributed by atoms with van der Waals surface area (Å²) in [6.45, 7) is 3.53. The van der Waals surface area contributed by atoms with Crippen LogP contribution in [0.1, 0.15) is 27.6 Å². The molecule has 0 N–H and O–H groups in total. The van der Waals surface area contributed by atoms with E-state index < -0.39 is 0 Å². The van der Waals surface area contributed by atoms with Gasteiger partial charge in [0.1, 0.15) is 17.6 Å². The summed E-state index contributed by atoms with van der Waals surface area (Å²) >= 11 is 0. The minimum Gasteiger partial charge on any atom is -0.496 e. The average Bonchev–Trinajstić information content (AvgIpc) is 2.68. The third-order valence-corrected chi connectivity index (χ3v) is 4.52. The molecular weight excluding hydrogens is 318 g/mol. The van der Waals surface area contributed by atoms with E-state index in [1.54, 1.807) is 26.4 Å². The maximum absolute atomic E-state index is 13.0. The minimum absolute atomic E-state index is 0.0409. The predicted octanol–water partition coefficient (Wildman–Crippen LogP) is 3.23. The summed E-state index contributed by atoms with van der Waals surface area (Å²) in [7, 11) is 3.19. The Bertz CT molecular complexity index is 720. The molecule has 0 aliphatic carbocycles. The number of methoxy groups -OCH3 is 2. The molecule has 1 fully saturated rings. The van der Waals surface area contributed by atoms with Gasteiger partial charge in [-0.25, -0.2) is 0 Å². The molecule has 25 heavy (non-hydrogen) atoms. The molecule has 5 heteroatoms. The summed E-state index contributed by atoms with van der Waals surface area (Å²) in [5, 5.41) is 0. The SMILES string of the molecule is COc1cc(C(=O)N2CCO[C@@H](c3ccccc3)C2)cc(OC)c1C. The van der Waals surface area contributed by atoms with Gasteiger partial charge in [-0.1, -0.05) is 30.3 Å². The number of carbonyl (C=O) groups excluding carboxylic acids is 1. The molecule has 0 aromatic heterocycles. The lowest BCUT2D eigenvalue weighted by molar-refractivity contribution is -0.0228. The van der Waals surface area contributed by atoms with Gasteiger partial charge in [0.2, 0.25) is 0 Å². The molecule has 1 amide bonds. The van der Waals surface area contributed by atoms with Crippen molar-refractivity contribution in [2.45, 2.75) is 13.0 Å². The number of amides is 1. The number of rotatable bonds is 4. The van der Waals surface area contributed by atoms with Crippen molar-refractivity contribution in [2.75, 3.05) is 33.9 Å². The van der Waals surface area contributed by atoms with Gasteiger partial charge < -0.3 is 19.1 Å². The first-order valence-corrected chi connectivity index (χ1v) is 8.32. The molecule has 1 saturated heterocycles. The standard InChI is InChI=1S/C20H23NO4/c1-14-17(23-2)11-16(12-18(14)24-3)20(22)21-9-10-25-19(13-21)15-7-5-4-6-8-15/h4-8,11-12,19H,9-10,13H2,1-3H3/t19-/m1/s1. The van der Waals surface area contributed by atoms with Crippen LogP contribution < -0.4 is 9.47 Å². The molecule has 1 aliphatic rings. The Kier molecular flexibility index (Phi) is 5.24. The largest absolute Gasteiger partial charge is 0.496 e. The molecule has 1 aliphatic heterocycles. The lowest BCUT2D eigenvalue weighted by atomic mass is 10.1. The molecule has 1 heterocycles. The Morgan fingerprint density at radius 3 is 2.36 bits per heavy atom. The van der Waals surface area contributed by atoms with Crippen molar-refractivity contribution in [3.05, 3.63) is 59.2 Å². The highest BCUT2D eigenvalue weighted by Crippen LogP contribution is 2.31. The minimum atomic E-state index is -0.104. The van der Waals surface area contributed by atoms with Crippen LogP contribution in [0.2, 0.25) is 0 Å². The van der Waals surface area contributed by atoms with Gasteiger partial charge in [-0.2, -0.15) is 0 Å². The van der Waals surface area contributed by atoms with Gasteiger partial charge in [-0.15, -0.1) is 0 Å². The normalized spacial score (nSPS) is 17.2. The highest BCUT2D eigenvalue weighted by molar-refractivity contribution is 5.95. The van der Waals surface area contributed by atoms with Crippen LogP contribution in [-0.4, -0.2) is 44.7 Å². The third kappa shape index (κ3) is 3.61. The van der Waals surface area contributed by atoms with E-state index in [2.05, 4.69) is 0 Å². The Hall–Kier alpha value is -2.53. The van der Waals surface area contributed by atoms with Crippen LogP contribution >= 0.6 is 0 Å². The maximum atomic E-state index is 13.0. The number of morpholine rings is 1. The van der Waals surface area contributed by atoms with Crippen molar-refractivity contribution in [2.24, 2.45) is 0 Å². The molecule has 0 saturated carbocycles. The number of benzene rings is 2. The number of nitrogens with zero attached hydrogens (tertiary/aromatic N) is 1. The zero-order valence-corrected chi connectivity index (χ0v) is 14.8. The topological polar surface area (TPSA) is 48.0 Å². The van der Waals surface area contributed by atoms with Crippen LogP contribution in [0, 0.1) is 6.92 Å². The Labute approximate surface area is 148 Å². The highest BCUT2D eigenvalue weighted by atomic mass is 16.5. The van der Waals surface area contributed by atoms with Crippen molar-refractivity contribution < 1.29 is 19.0 Å². The second-order valence-electron chi connectivity index (χ2n) is 6.03. The Balaban J connectivity index is 1.83. The van der Waals surface area contributed by atoms with E-state index in [1.807, 2.05) is 42.2 Å². The third-order valence-electron chi connectivity index (χ3n) is 4.52. The van der Waals surface area contributed by atoms with Crippen LogP contribution in [0.3, 0.4) is 0 Å². The van der Waals surface area contributed by atoms with Crippen LogP contribution in [0.25, 0.3) is 0 Å². The quantitative estimate of drug-likeness (QED) is 0.857. The summed E-state index contributed by atoms with van der Waals surface area (Å²) < 4.78 is 16.6. The van der Waals surface area contributed by atoms with E-state index in [0.29, 0.717) is 36.8 Å². The first kappa shape index (κ1) is 17.3. The smallest absolute Gasteiger partial charge is 0.254 e. The summed E-state index contributed by atoms with van der Waals surface area (Å²) in [4.78, 5) is 14.8. The molecule has 132 valence electrons. The van der Waals surface area contributed by atoms with Crippen molar-refractivity contribution in [1.82, 2.24) is 4.90 Å². The predicted molar refractivity (Wildman–Crippen MR) is 95.3 cm³/mol. The molecule has 3 rings (SSSR count). The number of carbonyl (C=O) groups is 1. The fourth-order valence-corrected chi connectivity index (χ4v) is 3.10. The van der Waals surface area contributed by atoms with Crippen LogP contribution in [0.4, 0.5) is 0 Å². The molecular formula is C20H23NO4. The molecule has 1 atom stereocenters. The molecule has 0 bridgehead atoms. The van der Waals surface area contributed by atoms with Crippen LogP contribution in [0.5, 0.6) is 11.5 Å². The van der Waals surface area contributed by atoms with Gasteiger partial charge in [0.25, 0.3) is 5.91 Å². The summed E-state index contributed by atoms with van der Waals surface area (Å²) in [6, 6.07) is 13.5. The number of hydrogen-bond donors (Lipinski definition) is 0. The first-order chi connectivity index (χ1) is 12.1. The van der Waals surface area contributed by atoms with E-state index in [4.69, 9.17) is 14.2 Å². The van der Waals surface area contributed by atoms with Crippen molar-refractivity contribution in [3.8, 4) is 11.5 Å². The maximum Gasteiger partial charge on any atom is 0.254 e. The number of hydrogen-bond acceptors (Lipinski definition) is 4. The summed E-state index contributed by atoms with van der Waals surface area (Å²) in [5.74, 6) is 1.26. The van der Waals surface area contributed by atoms with Gasteiger partial charge >= 0.3 is 0 Å². The lowest BCUT2D eigenvalue weighted by Gasteiger charge is -2.33. The van der Waals surface area contributed by atoms with Crippen molar-refractivity contribution >= 4 is 5.91 Å².